The lowest BCUT2D eigenvalue weighted by atomic mass is 9.98. The van der Waals surface area contributed by atoms with Crippen molar-refractivity contribution in [2.24, 2.45) is 0 Å². The number of anilines is 3. The predicted octanol–water partition coefficient (Wildman–Crippen LogP) is 14.1. The quantitative estimate of drug-likeness (QED) is 0.180. The number of rotatable bonds is 5. The highest BCUT2D eigenvalue weighted by molar-refractivity contribution is 6.19. The van der Waals surface area contributed by atoms with Crippen LogP contribution in [0.2, 0.25) is 0 Å². The van der Waals surface area contributed by atoms with E-state index in [-0.39, 0.29) is 35.5 Å². The Morgan fingerprint density at radius 2 is 1.06 bits per heavy atom. The van der Waals surface area contributed by atoms with E-state index < -0.39 is 0 Å². The molecule has 0 radical (unpaired) electrons. The molecule has 0 amide bonds. The van der Waals surface area contributed by atoms with Gasteiger partial charge in [-0.05, 0) is 93.9 Å². The van der Waals surface area contributed by atoms with E-state index in [1.165, 1.54) is 0 Å². The summed E-state index contributed by atoms with van der Waals surface area (Å²) in [5, 5.41) is 8.02. The highest BCUT2D eigenvalue weighted by Crippen LogP contribution is 2.45. The highest BCUT2D eigenvalue weighted by Gasteiger charge is 2.21. The van der Waals surface area contributed by atoms with Crippen molar-refractivity contribution in [3.8, 4) is 16.8 Å². The molecule has 3 nitrogen and oxygen atoms in total. The van der Waals surface area contributed by atoms with Crippen LogP contribution in [0.4, 0.5) is 17.1 Å². The molecule has 0 spiro atoms. The van der Waals surface area contributed by atoms with E-state index in [1.54, 1.807) is 0 Å². The van der Waals surface area contributed by atoms with Gasteiger partial charge in [-0.25, -0.2) is 0 Å². The Bertz CT molecular complexity index is 3330. The molecule has 0 saturated heterocycles. The molecule has 0 bridgehead atoms. The largest absolute Gasteiger partial charge is 0.455 e. The second-order valence-electron chi connectivity index (χ2n) is 13.4. The van der Waals surface area contributed by atoms with Gasteiger partial charge in [0, 0.05) is 38.6 Å². The molecule has 0 unspecified atom stereocenters. The standard InChI is InChI=1S/C50H32N2O/c1-3-14-39-33(11-1)13-9-18-40(39)35-23-26-36(27-24-35)51(47-21-10-22-48-49(47)44-32-25-34-12-2-4-15-41(34)50(44)53-48)37-28-30-38(31-29-37)52-45-19-7-5-16-42(45)43-17-6-8-20-46(43)52/h1-32H/i28D,29D,30D,31D. The lowest BCUT2D eigenvalue weighted by Crippen LogP contribution is -2.10. The van der Waals surface area contributed by atoms with Crippen LogP contribution in [-0.4, -0.2) is 4.57 Å². The van der Waals surface area contributed by atoms with Crippen LogP contribution in [0, 0.1) is 0 Å². The molecule has 0 aliphatic rings. The van der Waals surface area contributed by atoms with E-state index in [0.29, 0.717) is 17.0 Å². The molecule has 0 aliphatic heterocycles. The van der Waals surface area contributed by atoms with Crippen molar-refractivity contribution in [3.05, 3.63) is 194 Å². The molecule has 11 rings (SSSR count). The SMILES string of the molecule is [2H]c1c([2H])c(-n2c3ccccc3c3ccccc32)c([2H])c([2H])c1N(c1ccc(-c2cccc3ccccc23)cc1)c1cccc2oc3c4ccccc4ccc3c12. The maximum Gasteiger partial charge on any atom is 0.143 e. The van der Waals surface area contributed by atoms with Gasteiger partial charge in [0.2, 0.25) is 0 Å². The Morgan fingerprint density at radius 1 is 0.453 bits per heavy atom. The Labute approximate surface area is 311 Å². The first-order valence-electron chi connectivity index (χ1n) is 19.8. The minimum Gasteiger partial charge on any atom is -0.455 e. The zero-order valence-electron chi connectivity index (χ0n) is 32.5. The van der Waals surface area contributed by atoms with E-state index in [1.807, 2.05) is 113 Å². The smallest absolute Gasteiger partial charge is 0.143 e. The summed E-state index contributed by atoms with van der Waals surface area (Å²) in [5.41, 5.74) is 6.89. The van der Waals surface area contributed by atoms with Gasteiger partial charge in [0.15, 0.2) is 0 Å². The summed E-state index contributed by atoms with van der Waals surface area (Å²) in [5.74, 6) is 0. The van der Waals surface area contributed by atoms with Gasteiger partial charge in [0.1, 0.15) is 11.2 Å². The molecule has 0 N–H and O–H groups in total. The first-order chi connectivity index (χ1) is 28.0. The number of aromatic nitrogens is 1. The summed E-state index contributed by atoms with van der Waals surface area (Å²) in [6.07, 6.45) is 0. The fraction of sp³-hybridized carbons (Fsp3) is 0. The number of nitrogens with zero attached hydrogens (tertiary/aromatic N) is 2. The molecular formula is C50H32N2O. The van der Waals surface area contributed by atoms with Gasteiger partial charge in [0.05, 0.1) is 27.6 Å². The van der Waals surface area contributed by atoms with Gasteiger partial charge in [-0.1, -0.05) is 127 Å². The van der Waals surface area contributed by atoms with Gasteiger partial charge >= 0.3 is 0 Å². The van der Waals surface area contributed by atoms with Gasteiger partial charge < -0.3 is 13.9 Å². The molecule has 11 aromatic rings. The first kappa shape index (κ1) is 25.8. The van der Waals surface area contributed by atoms with Crippen LogP contribution < -0.4 is 4.90 Å². The third-order valence-corrected chi connectivity index (χ3v) is 10.5. The summed E-state index contributed by atoms with van der Waals surface area (Å²) in [6, 6.07) is 56.1. The zero-order valence-corrected chi connectivity index (χ0v) is 28.5. The third kappa shape index (κ3) is 4.61. The van der Waals surface area contributed by atoms with Crippen LogP contribution in [0.25, 0.3) is 82.1 Å². The predicted molar refractivity (Wildman–Crippen MR) is 223 cm³/mol. The Hall–Kier alpha value is -7.10. The molecule has 0 fully saturated rings. The minimum atomic E-state index is -0.152. The summed E-state index contributed by atoms with van der Waals surface area (Å²) in [6.45, 7) is 0. The molecule has 248 valence electrons. The van der Waals surface area contributed by atoms with E-state index in [9.17, 15) is 5.48 Å². The number of hydrogen-bond acceptors (Lipinski definition) is 2. The molecule has 9 aromatic carbocycles. The van der Waals surface area contributed by atoms with Crippen LogP contribution in [-0.2, 0) is 0 Å². The van der Waals surface area contributed by atoms with Crippen molar-refractivity contribution < 1.29 is 9.90 Å². The van der Waals surface area contributed by atoms with Crippen LogP contribution in [0.1, 0.15) is 5.48 Å². The first-order valence-corrected chi connectivity index (χ1v) is 17.8. The Morgan fingerprint density at radius 3 is 1.79 bits per heavy atom. The molecule has 0 saturated carbocycles. The summed E-state index contributed by atoms with van der Waals surface area (Å²) < 4.78 is 47.3. The topological polar surface area (TPSA) is 21.3 Å². The highest BCUT2D eigenvalue weighted by atomic mass is 16.3. The van der Waals surface area contributed by atoms with Crippen molar-refractivity contribution in [2.75, 3.05) is 4.90 Å². The summed E-state index contributed by atoms with van der Waals surface area (Å²) >= 11 is 0. The Kier molecular flexibility index (Phi) is 5.71. The number of para-hydroxylation sites is 2. The molecule has 0 atom stereocenters. The number of benzene rings is 9. The number of fused-ring (bicyclic) bond motifs is 9. The van der Waals surface area contributed by atoms with Crippen LogP contribution >= 0.6 is 0 Å². The van der Waals surface area contributed by atoms with Crippen molar-refractivity contribution in [1.82, 2.24) is 4.57 Å². The lowest BCUT2D eigenvalue weighted by molar-refractivity contribution is 0.672. The fourth-order valence-electron chi connectivity index (χ4n) is 8.06. The maximum atomic E-state index is 9.76. The van der Waals surface area contributed by atoms with Crippen molar-refractivity contribution in [3.63, 3.8) is 0 Å². The van der Waals surface area contributed by atoms with Crippen LogP contribution in [0.15, 0.2) is 198 Å². The van der Waals surface area contributed by atoms with Crippen LogP contribution in [0.3, 0.4) is 0 Å². The molecule has 53 heavy (non-hydrogen) atoms. The normalized spacial score (nSPS) is 12.8. The average molecular weight is 681 g/mol. The zero-order chi connectivity index (χ0) is 38.4. The van der Waals surface area contributed by atoms with Crippen molar-refractivity contribution in [2.45, 2.75) is 0 Å². The lowest BCUT2D eigenvalue weighted by Gasteiger charge is -2.27. The summed E-state index contributed by atoms with van der Waals surface area (Å²) in [4.78, 5) is 1.87. The average Bonchev–Trinajstić information content (AvgIpc) is 3.81. The van der Waals surface area contributed by atoms with Gasteiger partial charge in [-0.2, -0.15) is 0 Å². The van der Waals surface area contributed by atoms with Gasteiger partial charge in [0.25, 0.3) is 0 Å². The number of hydrogen-bond donors (Lipinski definition) is 0. The minimum absolute atomic E-state index is 0.134. The maximum absolute atomic E-state index is 9.76. The van der Waals surface area contributed by atoms with Crippen LogP contribution in [0.5, 0.6) is 0 Å². The molecule has 3 heteroatoms. The third-order valence-electron chi connectivity index (χ3n) is 10.5. The molecule has 2 aromatic heterocycles. The monoisotopic (exact) mass is 680 g/mol. The van der Waals surface area contributed by atoms with Gasteiger partial charge in [-0.15, -0.1) is 0 Å². The fourth-order valence-corrected chi connectivity index (χ4v) is 8.06. The van der Waals surface area contributed by atoms with Crippen molar-refractivity contribution >= 4 is 82.4 Å². The molecule has 2 heterocycles. The molecular weight excluding hydrogens is 645 g/mol. The number of furan rings is 1. The molecule has 0 aliphatic carbocycles. The van der Waals surface area contributed by atoms with Gasteiger partial charge in [-0.3, -0.25) is 0 Å². The second kappa shape index (κ2) is 11.7. The second-order valence-corrected chi connectivity index (χ2v) is 13.4. The van der Waals surface area contributed by atoms with Crippen molar-refractivity contribution in [1.29, 1.82) is 0 Å². The van der Waals surface area contributed by atoms with E-state index >= 15 is 0 Å². The van der Waals surface area contributed by atoms with E-state index in [4.69, 9.17) is 4.42 Å². The Balaban J connectivity index is 1.18. The summed E-state index contributed by atoms with van der Waals surface area (Å²) in [7, 11) is 0. The van der Waals surface area contributed by atoms with E-state index in [2.05, 4.69) is 66.7 Å². The van der Waals surface area contributed by atoms with E-state index in [0.717, 1.165) is 70.8 Å².